The molecule has 1 aliphatic rings. The zero-order valence-corrected chi connectivity index (χ0v) is 19.5. The van der Waals surface area contributed by atoms with Crippen molar-refractivity contribution in [1.82, 2.24) is 4.90 Å². The van der Waals surface area contributed by atoms with Crippen molar-refractivity contribution in [3.05, 3.63) is 95.1 Å². The minimum atomic E-state index is -1.05. The average Bonchev–Trinajstić information content (AvgIpc) is 3.16. The second-order valence-corrected chi connectivity index (χ2v) is 8.90. The maximum atomic E-state index is 13.3. The molecule has 0 bridgehead atoms. The molecule has 176 valence electrons. The lowest BCUT2D eigenvalue weighted by atomic mass is 9.91. The number of aliphatic carboxylic acids is 1. The quantitative estimate of drug-likeness (QED) is 0.513. The minimum Gasteiger partial charge on any atom is -0.496 e. The van der Waals surface area contributed by atoms with Crippen LogP contribution < -0.4 is 9.47 Å². The SMILES string of the molecule is COc1ccccc1CCN(CC(=O)O)C(=O)c1ccc2c(c1)C[C@](C)(Cc1ccccc1)O2. The van der Waals surface area contributed by atoms with Gasteiger partial charge in [-0.25, -0.2) is 0 Å². The van der Waals surface area contributed by atoms with Crippen molar-refractivity contribution in [3.63, 3.8) is 0 Å². The van der Waals surface area contributed by atoms with Gasteiger partial charge in [0.2, 0.25) is 0 Å². The molecule has 1 heterocycles. The molecule has 6 heteroatoms. The molecule has 4 rings (SSSR count). The summed E-state index contributed by atoms with van der Waals surface area (Å²) in [6.45, 7) is 1.98. The number of carboxylic acid groups (broad SMARTS) is 1. The first-order valence-corrected chi connectivity index (χ1v) is 11.4. The van der Waals surface area contributed by atoms with E-state index in [0.717, 1.165) is 29.0 Å². The number of para-hydroxylation sites is 1. The molecule has 0 radical (unpaired) electrons. The molecule has 0 saturated heterocycles. The van der Waals surface area contributed by atoms with E-state index in [1.54, 1.807) is 13.2 Å². The number of amides is 1. The summed E-state index contributed by atoms with van der Waals surface area (Å²) in [4.78, 5) is 26.2. The van der Waals surface area contributed by atoms with Gasteiger partial charge in [-0.2, -0.15) is 0 Å². The molecule has 1 atom stereocenters. The maximum absolute atomic E-state index is 13.3. The zero-order chi connectivity index (χ0) is 24.1. The summed E-state index contributed by atoms with van der Waals surface area (Å²) < 4.78 is 11.6. The fraction of sp³-hybridized carbons (Fsp3) is 0.286. The van der Waals surface area contributed by atoms with Crippen LogP contribution in [0.2, 0.25) is 0 Å². The number of carbonyl (C=O) groups excluding carboxylic acids is 1. The van der Waals surface area contributed by atoms with E-state index in [0.29, 0.717) is 18.4 Å². The number of ether oxygens (including phenoxy) is 2. The fourth-order valence-corrected chi connectivity index (χ4v) is 4.54. The van der Waals surface area contributed by atoms with E-state index in [1.807, 2.05) is 54.6 Å². The van der Waals surface area contributed by atoms with Crippen LogP contribution in [-0.4, -0.2) is 47.7 Å². The lowest BCUT2D eigenvalue weighted by molar-refractivity contribution is -0.137. The van der Waals surface area contributed by atoms with Crippen molar-refractivity contribution >= 4 is 11.9 Å². The third-order valence-electron chi connectivity index (χ3n) is 6.11. The Balaban J connectivity index is 1.49. The molecule has 0 aromatic heterocycles. The van der Waals surface area contributed by atoms with Gasteiger partial charge in [-0.1, -0.05) is 48.5 Å². The third kappa shape index (κ3) is 5.39. The van der Waals surface area contributed by atoms with Crippen molar-refractivity contribution in [1.29, 1.82) is 0 Å². The van der Waals surface area contributed by atoms with Crippen molar-refractivity contribution in [2.75, 3.05) is 20.2 Å². The molecule has 0 fully saturated rings. The predicted octanol–water partition coefficient (Wildman–Crippen LogP) is 4.40. The lowest BCUT2D eigenvalue weighted by Crippen LogP contribution is -2.37. The van der Waals surface area contributed by atoms with Crippen LogP contribution >= 0.6 is 0 Å². The molecule has 1 aliphatic heterocycles. The van der Waals surface area contributed by atoms with E-state index in [1.165, 1.54) is 10.5 Å². The van der Waals surface area contributed by atoms with Crippen LogP contribution in [0.25, 0.3) is 0 Å². The Morgan fingerprint density at radius 3 is 2.53 bits per heavy atom. The van der Waals surface area contributed by atoms with E-state index in [9.17, 15) is 14.7 Å². The van der Waals surface area contributed by atoms with Gasteiger partial charge >= 0.3 is 5.97 Å². The summed E-state index contributed by atoms with van der Waals surface area (Å²) in [6, 6.07) is 23.1. The number of hydrogen-bond acceptors (Lipinski definition) is 4. The Labute approximate surface area is 199 Å². The molecular formula is C28H29NO5. The van der Waals surface area contributed by atoms with Gasteiger partial charge in [0.05, 0.1) is 7.11 Å². The fourth-order valence-electron chi connectivity index (χ4n) is 4.54. The second-order valence-electron chi connectivity index (χ2n) is 8.90. The average molecular weight is 460 g/mol. The molecule has 34 heavy (non-hydrogen) atoms. The summed E-state index contributed by atoms with van der Waals surface area (Å²) in [5.74, 6) is 0.136. The van der Waals surface area contributed by atoms with Gasteiger partial charge < -0.3 is 19.5 Å². The van der Waals surface area contributed by atoms with Gasteiger partial charge in [-0.05, 0) is 54.3 Å². The standard InChI is InChI=1S/C28H29NO5/c1-28(17-20-8-4-3-5-9-20)18-23-16-22(12-13-25(23)34-28)27(32)29(19-26(30)31)15-14-21-10-6-7-11-24(21)33-2/h3-13,16H,14-15,17-19H2,1-2H3,(H,30,31)/t28-/m0/s1. The summed E-state index contributed by atoms with van der Waals surface area (Å²) in [5.41, 5.74) is 3.15. The van der Waals surface area contributed by atoms with Gasteiger partial charge in [0.25, 0.3) is 5.91 Å². The van der Waals surface area contributed by atoms with E-state index < -0.39 is 11.6 Å². The van der Waals surface area contributed by atoms with E-state index in [2.05, 4.69) is 19.1 Å². The van der Waals surface area contributed by atoms with Crippen molar-refractivity contribution in [2.45, 2.75) is 31.8 Å². The topological polar surface area (TPSA) is 76.1 Å². The van der Waals surface area contributed by atoms with Gasteiger partial charge in [0, 0.05) is 24.9 Å². The van der Waals surface area contributed by atoms with Crippen LogP contribution in [0.5, 0.6) is 11.5 Å². The van der Waals surface area contributed by atoms with Gasteiger partial charge in [0.1, 0.15) is 23.6 Å². The molecule has 0 aliphatic carbocycles. The van der Waals surface area contributed by atoms with Gasteiger partial charge in [-0.15, -0.1) is 0 Å². The van der Waals surface area contributed by atoms with Crippen LogP contribution in [0.1, 0.15) is 34.0 Å². The minimum absolute atomic E-state index is 0.269. The number of hydrogen-bond donors (Lipinski definition) is 1. The number of carbonyl (C=O) groups is 2. The Morgan fingerprint density at radius 2 is 1.79 bits per heavy atom. The summed E-state index contributed by atoms with van der Waals surface area (Å²) in [5, 5.41) is 9.40. The molecular weight excluding hydrogens is 430 g/mol. The molecule has 3 aromatic rings. The number of fused-ring (bicyclic) bond motifs is 1. The highest BCUT2D eigenvalue weighted by Crippen LogP contribution is 2.37. The molecule has 0 saturated carbocycles. The van der Waals surface area contributed by atoms with E-state index in [-0.39, 0.29) is 19.0 Å². The Morgan fingerprint density at radius 1 is 1.06 bits per heavy atom. The Hall–Kier alpha value is -3.80. The highest BCUT2D eigenvalue weighted by molar-refractivity contribution is 5.96. The number of benzene rings is 3. The normalized spacial score (nSPS) is 16.4. The lowest BCUT2D eigenvalue weighted by Gasteiger charge is -2.24. The first-order chi connectivity index (χ1) is 16.4. The third-order valence-corrected chi connectivity index (χ3v) is 6.11. The van der Waals surface area contributed by atoms with Gasteiger partial charge in [-0.3, -0.25) is 9.59 Å². The molecule has 0 unspecified atom stereocenters. The number of rotatable bonds is 9. The van der Waals surface area contributed by atoms with Crippen LogP contribution in [0.15, 0.2) is 72.8 Å². The largest absolute Gasteiger partial charge is 0.496 e. The highest BCUT2D eigenvalue weighted by atomic mass is 16.5. The van der Waals surface area contributed by atoms with Crippen molar-refractivity contribution in [2.24, 2.45) is 0 Å². The zero-order valence-electron chi connectivity index (χ0n) is 19.5. The Bertz CT molecular complexity index is 1180. The number of nitrogens with zero attached hydrogens (tertiary/aromatic N) is 1. The van der Waals surface area contributed by atoms with Crippen LogP contribution in [0, 0.1) is 0 Å². The molecule has 0 spiro atoms. The van der Waals surface area contributed by atoms with Crippen molar-refractivity contribution in [3.8, 4) is 11.5 Å². The smallest absolute Gasteiger partial charge is 0.323 e. The number of carboxylic acids is 1. The second kappa shape index (κ2) is 10.00. The molecule has 6 nitrogen and oxygen atoms in total. The first-order valence-electron chi connectivity index (χ1n) is 11.4. The summed E-state index contributed by atoms with van der Waals surface area (Å²) in [6.07, 6.45) is 1.93. The highest BCUT2D eigenvalue weighted by Gasteiger charge is 2.35. The summed E-state index contributed by atoms with van der Waals surface area (Å²) >= 11 is 0. The van der Waals surface area contributed by atoms with E-state index >= 15 is 0 Å². The maximum Gasteiger partial charge on any atom is 0.323 e. The van der Waals surface area contributed by atoms with Crippen LogP contribution in [-0.2, 0) is 24.1 Å². The van der Waals surface area contributed by atoms with Crippen molar-refractivity contribution < 1.29 is 24.2 Å². The Kier molecular flexibility index (Phi) is 6.87. The monoisotopic (exact) mass is 459 g/mol. The number of methoxy groups -OCH3 is 1. The molecule has 1 amide bonds. The molecule has 3 aromatic carbocycles. The van der Waals surface area contributed by atoms with Crippen LogP contribution in [0.4, 0.5) is 0 Å². The summed E-state index contributed by atoms with van der Waals surface area (Å²) in [7, 11) is 1.59. The predicted molar refractivity (Wildman–Crippen MR) is 130 cm³/mol. The van der Waals surface area contributed by atoms with E-state index in [4.69, 9.17) is 9.47 Å². The van der Waals surface area contributed by atoms with Crippen LogP contribution in [0.3, 0.4) is 0 Å². The first kappa shape index (κ1) is 23.4. The molecule has 1 N–H and O–H groups in total. The van der Waals surface area contributed by atoms with Gasteiger partial charge in [0.15, 0.2) is 0 Å².